The lowest BCUT2D eigenvalue weighted by atomic mass is 10.1. The molecule has 0 aliphatic heterocycles. The zero-order valence-electron chi connectivity index (χ0n) is 7.73. The molecule has 1 aromatic heterocycles. The van der Waals surface area contributed by atoms with Crippen LogP contribution in [0, 0.1) is 6.20 Å². The van der Waals surface area contributed by atoms with E-state index >= 15 is 0 Å². The number of nitrogens with one attached hydrogen (secondary N) is 1. The molecule has 1 rings (SSSR count). The van der Waals surface area contributed by atoms with Crippen molar-refractivity contribution in [3.8, 4) is 0 Å². The summed E-state index contributed by atoms with van der Waals surface area (Å²) in [6.07, 6.45) is 3.16. The molecule has 1 N–H and O–H groups in total. The van der Waals surface area contributed by atoms with Crippen LogP contribution in [0.25, 0.3) is 0 Å². The van der Waals surface area contributed by atoms with Gasteiger partial charge in [0.1, 0.15) is 0 Å². The van der Waals surface area contributed by atoms with Gasteiger partial charge in [-0.15, -0.1) is 0 Å². The summed E-state index contributed by atoms with van der Waals surface area (Å²) in [5.74, 6) is 1.16. The standard InChI is InChI=1S/C10H16N/c1-7(2)9-5-10(8(3)4)11-6-9/h5,7-8,11H,1-4H3. The second-order valence-corrected chi connectivity index (χ2v) is 3.61. The van der Waals surface area contributed by atoms with Crippen molar-refractivity contribution in [3.63, 3.8) is 0 Å². The van der Waals surface area contributed by atoms with Crippen LogP contribution in [0.3, 0.4) is 0 Å². The Bertz CT molecular complexity index is 198. The largest absolute Gasteiger partial charge is 0.357 e. The molecule has 0 fully saturated rings. The highest BCUT2D eigenvalue weighted by Gasteiger charge is 2.05. The normalized spacial score (nSPS) is 11.5. The number of H-pyrrole nitrogens is 1. The molecule has 0 atom stereocenters. The Morgan fingerprint density at radius 3 is 2.09 bits per heavy atom. The number of aromatic amines is 1. The number of aromatic nitrogens is 1. The van der Waals surface area contributed by atoms with E-state index in [9.17, 15) is 0 Å². The summed E-state index contributed by atoms with van der Waals surface area (Å²) in [6, 6.07) is 2.20. The third kappa shape index (κ3) is 1.86. The summed E-state index contributed by atoms with van der Waals surface area (Å²) in [6.45, 7) is 8.74. The molecule has 1 radical (unpaired) electrons. The number of hydrogen-bond donors (Lipinski definition) is 1. The van der Waals surface area contributed by atoms with E-state index in [0.29, 0.717) is 11.8 Å². The Morgan fingerprint density at radius 2 is 1.82 bits per heavy atom. The van der Waals surface area contributed by atoms with E-state index in [1.165, 1.54) is 11.3 Å². The highest BCUT2D eigenvalue weighted by molar-refractivity contribution is 5.20. The molecule has 0 saturated carbocycles. The number of rotatable bonds is 2. The van der Waals surface area contributed by atoms with Crippen LogP contribution >= 0.6 is 0 Å². The van der Waals surface area contributed by atoms with Crippen LogP contribution < -0.4 is 0 Å². The molecule has 0 spiro atoms. The number of hydrogen-bond acceptors (Lipinski definition) is 0. The molecule has 1 heterocycles. The highest BCUT2D eigenvalue weighted by Crippen LogP contribution is 2.19. The molecule has 0 saturated heterocycles. The third-order valence-corrected chi connectivity index (χ3v) is 1.91. The summed E-state index contributed by atoms with van der Waals surface area (Å²) >= 11 is 0. The van der Waals surface area contributed by atoms with Crippen LogP contribution in [-0.4, -0.2) is 4.98 Å². The monoisotopic (exact) mass is 150 g/mol. The van der Waals surface area contributed by atoms with Gasteiger partial charge in [-0.25, -0.2) is 0 Å². The fraction of sp³-hybridized carbons (Fsp3) is 0.600. The summed E-state index contributed by atoms with van der Waals surface area (Å²) < 4.78 is 0. The molecule has 0 aliphatic rings. The second-order valence-electron chi connectivity index (χ2n) is 3.61. The molecule has 0 unspecified atom stereocenters. The molecule has 1 heteroatoms. The first-order valence-corrected chi connectivity index (χ1v) is 4.21. The third-order valence-electron chi connectivity index (χ3n) is 1.91. The zero-order chi connectivity index (χ0) is 8.43. The summed E-state index contributed by atoms with van der Waals surface area (Å²) in [5.41, 5.74) is 2.57. The Morgan fingerprint density at radius 1 is 1.18 bits per heavy atom. The first-order valence-electron chi connectivity index (χ1n) is 4.21. The minimum Gasteiger partial charge on any atom is -0.357 e. The van der Waals surface area contributed by atoms with Gasteiger partial charge >= 0.3 is 0 Å². The van der Waals surface area contributed by atoms with Gasteiger partial charge in [0.05, 0.1) is 6.20 Å². The Kier molecular flexibility index (Phi) is 2.38. The fourth-order valence-electron chi connectivity index (χ4n) is 1.01. The SMILES string of the molecule is CC(C)c1[c][nH]c(C(C)C)c1. The van der Waals surface area contributed by atoms with Crippen molar-refractivity contribution in [2.75, 3.05) is 0 Å². The van der Waals surface area contributed by atoms with Crippen LogP contribution in [0.15, 0.2) is 6.07 Å². The van der Waals surface area contributed by atoms with Crippen molar-refractivity contribution in [1.82, 2.24) is 4.98 Å². The van der Waals surface area contributed by atoms with Gasteiger partial charge in [0.25, 0.3) is 0 Å². The molecular formula is C10H16N. The minimum absolute atomic E-state index is 0.582. The maximum absolute atomic E-state index is 3.16. The maximum atomic E-state index is 3.16. The molecule has 0 bridgehead atoms. The van der Waals surface area contributed by atoms with E-state index in [2.05, 4.69) is 44.9 Å². The summed E-state index contributed by atoms with van der Waals surface area (Å²) in [5, 5.41) is 0. The average Bonchev–Trinajstić information content (AvgIpc) is 2.33. The molecule has 11 heavy (non-hydrogen) atoms. The lowest BCUT2D eigenvalue weighted by Gasteiger charge is -1.99. The van der Waals surface area contributed by atoms with Crippen LogP contribution in [-0.2, 0) is 0 Å². The van der Waals surface area contributed by atoms with Gasteiger partial charge in [-0.1, -0.05) is 27.7 Å². The Balaban J connectivity index is 2.82. The average molecular weight is 150 g/mol. The van der Waals surface area contributed by atoms with Crippen LogP contribution in [0.2, 0.25) is 0 Å². The summed E-state index contributed by atoms with van der Waals surface area (Å²) in [4.78, 5) is 3.16. The second kappa shape index (κ2) is 3.12. The van der Waals surface area contributed by atoms with Crippen molar-refractivity contribution in [2.45, 2.75) is 39.5 Å². The molecule has 0 amide bonds. The van der Waals surface area contributed by atoms with E-state index in [4.69, 9.17) is 0 Å². The van der Waals surface area contributed by atoms with Crippen molar-refractivity contribution in [2.24, 2.45) is 0 Å². The van der Waals surface area contributed by atoms with E-state index in [1.54, 1.807) is 0 Å². The molecule has 0 aromatic carbocycles. The predicted octanol–water partition coefficient (Wildman–Crippen LogP) is 3.06. The topological polar surface area (TPSA) is 15.8 Å². The van der Waals surface area contributed by atoms with Gasteiger partial charge in [-0.3, -0.25) is 0 Å². The first-order chi connectivity index (χ1) is 5.11. The fourth-order valence-corrected chi connectivity index (χ4v) is 1.01. The van der Waals surface area contributed by atoms with Gasteiger partial charge < -0.3 is 4.98 Å². The lowest BCUT2D eigenvalue weighted by molar-refractivity contribution is 0.831. The quantitative estimate of drug-likeness (QED) is 0.667. The maximum Gasteiger partial charge on any atom is 0.0659 e. The molecule has 0 aliphatic carbocycles. The highest BCUT2D eigenvalue weighted by atomic mass is 14.7. The van der Waals surface area contributed by atoms with Crippen LogP contribution in [0.1, 0.15) is 50.8 Å². The van der Waals surface area contributed by atoms with E-state index in [1.807, 2.05) is 0 Å². The molecule has 1 nitrogen and oxygen atoms in total. The van der Waals surface area contributed by atoms with Crippen molar-refractivity contribution >= 4 is 0 Å². The Hall–Kier alpha value is -0.720. The Labute approximate surface area is 68.8 Å². The zero-order valence-corrected chi connectivity index (χ0v) is 7.73. The van der Waals surface area contributed by atoms with Crippen molar-refractivity contribution in [1.29, 1.82) is 0 Å². The minimum atomic E-state index is 0.582. The van der Waals surface area contributed by atoms with Crippen LogP contribution in [0.4, 0.5) is 0 Å². The van der Waals surface area contributed by atoms with Crippen molar-refractivity contribution < 1.29 is 0 Å². The molecule has 1 aromatic rings. The van der Waals surface area contributed by atoms with Gasteiger partial charge in [0, 0.05) is 5.69 Å². The van der Waals surface area contributed by atoms with Gasteiger partial charge in [-0.2, -0.15) is 0 Å². The van der Waals surface area contributed by atoms with E-state index in [0.717, 1.165) is 0 Å². The summed E-state index contributed by atoms with van der Waals surface area (Å²) in [7, 11) is 0. The van der Waals surface area contributed by atoms with E-state index < -0.39 is 0 Å². The lowest BCUT2D eigenvalue weighted by Crippen LogP contribution is -1.85. The smallest absolute Gasteiger partial charge is 0.0659 e. The molecular weight excluding hydrogens is 134 g/mol. The van der Waals surface area contributed by atoms with Gasteiger partial charge in [0.15, 0.2) is 0 Å². The first kappa shape index (κ1) is 8.38. The predicted molar refractivity (Wildman–Crippen MR) is 47.8 cm³/mol. The van der Waals surface area contributed by atoms with E-state index in [-0.39, 0.29) is 0 Å². The van der Waals surface area contributed by atoms with Gasteiger partial charge in [-0.05, 0) is 23.5 Å². The van der Waals surface area contributed by atoms with Crippen molar-refractivity contribution in [3.05, 3.63) is 23.5 Å². The van der Waals surface area contributed by atoms with Crippen LogP contribution in [0.5, 0.6) is 0 Å². The van der Waals surface area contributed by atoms with Gasteiger partial charge in [0.2, 0.25) is 0 Å². The molecule has 61 valence electrons.